The molecule has 0 amide bonds. The van der Waals surface area contributed by atoms with Crippen LogP contribution in [0.4, 0.5) is 0 Å². The van der Waals surface area contributed by atoms with Crippen LogP contribution in [-0.2, 0) is 11.3 Å². The Hall–Kier alpha value is -0.930. The van der Waals surface area contributed by atoms with E-state index in [1.165, 1.54) is 18.4 Å². The summed E-state index contributed by atoms with van der Waals surface area (Å²) in [6.07, 6.45) is 8.52. The number of ether oxygens (including phenoxy) is 1. The van der Waals surface area contributed by atoms with Crippen molar-refractivity contribution in [3.63, 3.8) is 0 Å². The molecule has 2 N–H and O–H groups in total. The van der Waals surface area contributed by atoms with Crippen molar-refractivity contribution in [2.24, 2.45) is 5.73 Å². The molecule has 0 bridgehead atoms. The summed E-state index contributed by atoms with van der Waals surface area (Å²) in [5.74, 6) is 0. The van der Waals surface area contributed by atoms with Gasteiger partial charge in [0.1, 0.15) is 0 Å². The zero-order valence-corrected chi connectivity index (χ0v) is 8.93. The molecule has 15 heavy (non-hydrogen) atoms. The van der Waals surface area contributed by atoms with E-state index in [0.717, 1.165) is 12.8 Å². The Kier molecular flexibility index (Phi) is 3.69. The molecule has 0 aliphatic heterocycles. The lowest BCUT2D eigenvalue weighted by molar-refractivity contribution is 0.00402. The van der Waals surface area contributed by atoms with Crippen LogP contribution >= 0.6 is 0 Å². The van der Waals surface area contributed by atoms with Gasteiger partial charge in [0, 0.05) is 18.4 Å². The first-order valence-corrected chi connectivity index (χ1v) is 5.62. The van der Waals surface area contributed by atoms with Gasteiger partial charge in [-0.3, -0.25) is 4.98 Å². The second-order valence-corrected chi connectivity index (χ2v) is 4.15. The van der Waals surface area contributed by atoms with Crippen molar-refractivity contribution in [2.75, 3.05) is 0 Å². The number of hydrogen-bond donors (Lipinski definition) is 1. The van der Waals surface area contributed by atoms with E-state index < -0.39 is 0 Å². The van der Waals surface area contributed by atoms with Crippen molar-refractivity contribution in [1.29, 1.82) is 0 Å². The van der Waals surface area contributed by atoms with E-state index in [2.05, 4.69) is 4.98 Å². The van der Waals surface area contributed by atoms with Crippen LogP contribution in [0, 0.1) is 0 Å². The average Bonchev–Trinajstić information content (AvgIpc) is 2.29. The normalized spacial score (nSPS) is 26.5. The molecule has 1 aromatic heterocycles. The Morgan fingerprint density at radius 3 is 2.73 bits per heavy atom. The van der Waals surface area contributed by atoms with Crippen LogP contribution < -0.4 is 5.73 Å². The van der Waals surface area contributed by atoms with E-state index >= 15 is 0 Å². The molecule has 3 nitrogen and oxygen atoms in total. The Labute approximate surface area is 90.7 Å². The second-order valence-electron chi connectivity index (χ2n) is 4.15. The summed E-state index contributed by atoms with van der Waals surface area (Å²) in [5, 5.41) is 0. The predicted octanol–water partition coefficient (Wildman–Crippen LogP) is 1.87. The van der Waals surface area contributed by atoms with Crippen LogP contribution in [0.5, 0.6) is 0 Å². The molecule has 1 saturated carbocycles. The molecule has 0 saturated heterocycles. The quantitative estimate of drug-likeness (QED) is 0.821. The molecule has 1 aliphatic rings. The fourth-order valence-corrected chi connectivity index (χ4v) is 2.01. The zero-order valence-electron chi connectivity index (χ0n) is 8.93. The summed E-state index contributed by atoms with van der Waals surface area (Å²) in [5.41, 5.74) is 7.18. The fourth-order valence-electron chi connectivity index (χ4n) is 2.01. The van der Waals surface area contributed by atoms with Crippen molar-refractivity contribution in [3.8, 4) is 0 Å². The maximum absolute atomic E-state index is 6.01. The molecule has 2 rings (SSSR count). The lowest BCUT2D eigenvalue weighted by Gasteiger charge is -2.28. The number of hydrogen-bond acceptors (Lipinski definition) is 3. The van der Waals surface area contributed by atoms with E-state index in [1.807, 2.05) is 12.1 Å². The van der Waals surface area contributed by atoms with Gasteiger partial charge in [0.25, 0.3) is 0 Å². The van der Waals surface area contributed by atoms with E-state index in [9.17, 15) is 0 Å². The van der Waals surface area contributed by atoms with E-state index in [4.69, 9.17) is 10.5 Å². The predicted molar refractivity (Wildman–Crippen MR) is 59.3 cm³/mol. The number of aromatic nitrogens is 1. The molecule has 0 spiro atoms. The van der Waals surface area contributed by atoms with E-state index in [0.29, 0.717) is 6.61 Å². The first kappa shape index (κ1) is 10.6. The summed E-state index contributed by atoms with van der Waals surface area (Å²) in [6, 6.07) is 4.18. The highest BCUT2D eigenvalue weighted by Crippen LogP contribution is 2.20. The molecule has 3 heteroatoms. The van der Waals surface area contributed by atoms with Crippen LogP contribution in [0.25, 0.3) is 0 Å². The number of nitrogens with two attached hydrogens (primary N) is 1. The van der Waals surface area contributed by atoms with Crippen LogP contribution in [-0.4, -0.2) is 17.1 Å². The lowest BCUT2D eigenvalue weighted by Crippen LogP contribution is -2.39. The van der Waals surface area contributed by atoms with Gasteiger partial charge in [-0.15, -0.1) is 0 Å². The summed E-state index contributed by atoms with van der Waals surface area (Å²) in [4.78, 5) is 3.97. The lowest BCUT2D eigenvalue weighted by atomic mass is 9.93. The van der Waals surface area contributed by atoms with Gasteiger partial charge >= 0.3 is 0 Å². The fraction of sp³-hybridized carbons (Fsp3) is 0.583. The van der Waals surface area contributed by atoms with Gasteiger partial charge in [-0.05, 0) is 30.5 Å². The Bertz CT molecular complexity index is 289. The Morgan fingerprint density at radius 2 is 2.00 bits per heavy atom. The molecule has 1 fully saturated rings. The highest BCUT2D eigenvalue weighted by molar-refractivity contribution is 5.08. The van der Waals surface area contributed by atoms with Gasteiger partial charge in [0.2, 0.25) is 0 Å². The van der Waals surface area contributed by atoms with Crippen LogP contribution in [0.3, 0.4) is 0 Å². The molecular formula is C12H18N2O. The second kappa shape index (κ2) is 5.24. The highest BCUT2D eigenvalue weighted by atomic mass is 16.5. The molecule has 1 aliphatic carbocycles. The monoisotopic (exact) mass is 206 g/mol. The van der Waals surface area contributed by atoms with Crippen molar-refractivity contribution in [1.82, 2.24) is 4.98 Å². The minimum absolute atomic E-state index is 0.223. The van der Waals surface area contributed by atoms with Gasteiger partial charge in [-0.25, -0.2) is 0 Å². The molecule has 0 radical (unpaired) electrons. The smallest absolute Gasteiger partial charge is 0.0730 e. The Morgan fingerprint density at radius 1 is 1.27 bits per heavy atom. The van der Waals surface area contributed by atoms with Gasteiger partial charge < -0.3 is 10.5 Å². The molecule has 82 valence electrons. The zero-order chi connectivity index (χ0) is 10.5. The molecule has 1 heterocycles. The Balaban J connectivity index is 1.82. The van der Waals surface area contributed by atoms with Crippen LogP contribution in [0.15, 0.2) is 24.5 Å². The van der Waals surface area contributed by atoms with Crippen molar-refractivity contribution < 1.29 is 4.74 Å². The first-order valence-electron chi connectivity index (χ1n) is 5.62. The van der Waals surface area contributed by atoms with Gasteiger partial charge in [-0.1, -0.05) is 12.8 Å². The highest BCUT2D eigenvalue weighted by Gasteiger charge is 2.21. The molecule has 2 atom stereocenters. The van der Waals surface area contributed by atoms with Crippen LogP contribution in [0.1, 0.15) is 31.2 Å². The van der Waals surface area contributed by atoms with Crippen molar-refractivity contribution in [2.45, 2.75) is 44.4 Å². The average molecular weight is 206 g/mol. The largest absolute Gasteiger partial charge is 0.372 e. The number of pyridine rings is 1. The van der Waals surface area contributed by atoms with Gasteiger partial charge in [0.15, 0.2) is 0 Å². The molecule has 1 aromatic rings. The first-order chi connectivity index (χ1) is 7.36. The summed E-state index contributed by atoms with van der Waals surface area (Å²) < 4.78 is 5.83. The molecule has 2 unspecified atom stereocenters. The SMILES string of the molecule is NC1CCCCC1OCc1ccncc1. The maximum atomic E-state index is 6.01. The maximum Gasteiger partial charge on any atom is 0.0730 e. The minimum atomic E-state index is 0.223. The standard InChI is InChI=1S/C12H18N2O/c13-11-3-1-2-4-12(11)15-9-10-5-7-14-8-6-10/h5-8,11-12H,1-4,9,13H2. The van der Waals surface area contributed by atoms with Crippen molar-refractivity contribution in [3.05, 3.63) is 30.1 Å². The van der Waals surface area contributed by atoms with E-state index in [-0.39, 0.29) is 12.1 Å². The third-order valence-corrected chi connectivity index (χ3v) is 2.97. The molecule has 0 aromatic carbocycles. The summed E-state index contributed by atoms with van der Waals surface area (Å²) in [6.45, 7) is 0.654. The summed E-state index contributed by atoms with van der Waals surface area (Å²) in [7, 11) is 0. The third kappa shape index (κ3) is 3.01. The number of nitrogens with zero attached hydrogens (tertiary/aromatic N) is 1. The van der Waals surface area contributed by atoms with E-state index in [1.54, 1.807) is 12.4 Å². The van der Waals surface area contributed by atoms with Gasteiger partial charge in [0.05, 0.1) is 12.7 Å². The third-order valence-electron chi connectivity index (χ3n) is 2.97. The number of rotatable bonds is 3. The van der Waals surface area contributed by atoms with Crippen molar-refractivity contribution >= 4 is 0 Å². The van der Waals surface area contributed by atoms with Gasteiger partial charge in [-0.2, -0.15) is 0 Å². The molecular weight excluding hydrogens is 188 g/mol. The van der Waals surface area contributed by atoms with Crippen LogP contribution in [0.2, 0.25) is 0 Å². The minimum Gasteiger partial charge on any atom is -0.372 e. The topological polar surface area (TPSA) is 48.1 Å². The summed E-state index contributed by atoms with van der Waals surface area (Å²) >= 11 is 0.